The molecule has 2 rings (SSSR count). The average Bonchev–Trinajstić information content (AvgIpc) is 2.59. The molecule has 1 aliphatic carbocycles. The third-order valence-electron chi connectivity index (χ3n) is 2.81. The van der Waals surface area contributed by atoms with Crippen molar-refractivity contribution in [1.29, 1.82) is 0 Å². The first kappa shape index (κ1) is 9.25. The molecule has 0 aromatic carbocycles. The Labute approximate surface area is 84.0 Å². The fourth-order valence-corrected chi connectivity index (χ4v) is 1.87. The maximum absolute atomic E-state index is 4.11. The SMILES string of the molecule is CCC1=CCC(CC)=c2[nH]ncc2=C1. The van der Waals surface area contributed by atoms with Crippen molar-refractivity contribution in [2.75, 3.05) is 0 Å². The minimum absolute atomic E-state index is 1.06. The summed E-state index contributed by atoms with van der Waals surface area (Å²) in [5.74, 6) is 0. The lowest BCUT2D eigenvalue weighted by atomic mass is 10.1. The number of hydrogen-bond donors (Lipinski definition) is 1. The van der Waals surface area contributed by atoms with E-state index in [-0.39, 0.29) is 0 Å². The van der Waals surface area contributed by atoms with Crippen LogP contribution in [0.3, 0.4) is 0 Å². The maximum Gasteiger partial charge on any atom is 0.0645 e. The number of rotatable bonds is 2. The maximum atomic E-state index is 4.11. The van der Waals surface area contributed by atoms with Gasteiger partial charge in [-0.1, -0.05) is 25.5 Å². The van der Waals surface area contributed by atoms with E-state index in [1.807, 2.05) is 6.20 Å². The molecule has 0 bridgehead atoms. The van der Waals surface area contributed by atoms with Gasteiger partial charge in [0.15, 0.2) is 0 Å². The van der Waals surface area contributed by atoms with Gasteiger partial charge < -0.3 is 0 Å². The van der Waals surface area contributed by atoms with Crippen molar-refractivity contribution in [3.63, 3.8) is 0 Å². The Kier molecular flexibility index (Phi) is 2.53. The van der Waals surface area contributed by atoms with Crippen LogP contribution in [-0.4, -0.2) is 10.2 Å². The fraction of sp³-hybridized carbons (Fsp3) is 0.417. The van der Waals surface area contributed by atoms with Crippen LogP contribution in [0.2, 0.25) is 0 Å². The highest BCUT2D eigenvalue weighted by molar-refractivity contribution is 5.55. The first-order valence-electron chi connectivity index (χ1n) is 5.27. The smallest absolute Gasteiger partial charge is 0.0645 e. The quantitative estimate of drug-likeness (QED) is 0.748. The lowest BCUT2D eigenvalue weighted by Crippen LogP contribution is -2.24. The topological polar surface area (TPSA) is 28.7 Å². The van der Waals surface area contributed by atoms with Crippen LogP contribution in [0.4, 0.5) is 0 Å². The largest absolute Gasteiger partial charge is 0.278 e. The van der Waals surface area contributed by atoms with Crippen LogP contribution in [0.25, 0.3) is 11.6 Å². The van der Waals surface area contributed by atoms with E-state index >= 15 is 0 Å². The highest BCUT2D eigenvalue weighted by atomic mass is 15.1. The van der Waals surface area contributed by atoms with E-state index in [0.717, 1.165) is 19.3 Å². The van der Waals surface area contributed by atoms with Crippen molar-refractivity contribution < 1.29 is 0 Å². The van der Waals surface area contributed by atoms with E-state index in [1.54, 1.807) is 0 Å². The summed E-state index contributed by atoms with van der Waals surface area (Å²) in [4.78, 5) is 0. The van der Waals surface area contributed by atoms with Crippen molar-refractivity contribution in [2.24, 2.45) is 0 Å². The van der Waals surface area contributed by atoms with E-state index in [9.17, 15) is 0 Å². The normalized spacial score (nSPS) is 15.6. The molecular formula is C12H16N2. The van der Waals surface area contributed by atoms with Gasteiger partial charge in [0, 0.05) is 5.22 Å². The Morgan fingerprint density at radius 3 is 2.93 bits per heavy atom. The molecule has 0 saturated heterocycles. The molecule has 0 saturated carbocycles. The second-order valence-electron chi connectivity index (χ2n) is 3.64. The van der Waals surface area contributed by atoms with Gasteiger partial charge in [0.1, 0.15) is 0 Å². The molecule has 0 spiro atoms. The predicted octanol–water partition coefficient (Wildman–Crippen LogP) is 1.49. The molecular weight excluding hydrogens is 172 g/mol. The minimum atomic E-state index is 1.06. The van der Waals surface area contributed by atoms with Gasteiger partial charge in [-0.2, -0.15) is 5.10 Å². The Bertz CT molecular complexity index is 463. The van der Waals surface area contributed by atoms with Gasteiger partial charge in [-0.25, -0.2) is 0 Å². The van der Waals surface area contributed by atoms with Gasteiger partial charge in [0.25, 0.3) is 0 Å². The van der Waals surface area contributed by atoms with Crippen molar-refractivity contribution >= 4 is 11.6 Å². The Morgan fingerprint density at radius 1 is 1.36 bits per heavy atom. The van der Waals surface area contributed by atoms with E-state index < -0.39 is 0 Å². The molecule has 0 amide bonds. The number of H-pyrrole nitrogens is 1. The van der Waals surface area contributed by atoms with E-state index in [4.69, 9.17) is 0 Å². The predicted molar refractivity (Wildman–Crippen MR) is 59.0 cm³/mol. The first-order chi connectivity index (χ1) is 6.85. The average molecular weight is 188 g/mol. The molecule has 1 heterocycles. The Balaban J connectivity index is 2.64. The summed E-state index contributed by atoms with van der Waals surface area (Å²) >= 11 is 0. The van der Waals surface area contributed by atoms with Crippen molar-refractivity contribution in [1.82, 2.24) is 10.2 Å². The second-order valence-corrected chi connectivity index (χ2v) is 3.64. The lowest BCUT2D eigenvalue weighted by molar-refractivity contribution is 1.03. The first-order valence-corrected chi connectivity index (χ1v) is 5.27. The number of fused-ring (bicyclic) bond motifs is 1. The van der Waals surface area contributed by atoms with E-state index in [1.165, 1.54) is 21.7 Å². The lowest BCUT2D eigenvalue weighted by Gasteiger charge is -1.97. The molecule has 1 aliphatic rings. The molecule has 1 aromatic rings. The molecule has 1 N–H and O–H groups in total. The number of hydrogen-bond acceptors (Lipinski definition) is 1. The Hall–Kier alpha value is -1.31. The Morgan fingerprint density at radius 2 is 2.21 bits per heavy atom. The molecule has 2 nitrogen and oxygen atoms in total. The number of aromatic nitrogens is 2. The molecule has 0 fully saturated rings. The highest BCUT2D eigenvalue weighted by Crippen LogP contribution is 2.12. The summed E-state index contributed by atoms with van der Waals surface area (Å²) in [5.41, 5.74) is 2.87. The fourth-order valence-electron chi connectivity index (χ4n) is 1.87. The summed E-state index contributed by atoms with van der Waals surface area (Å²) in [5, 5.41) is 9.67. The number of allylic oxidation sites excluding steroid dienone is 2. The van der Waals surface area contributed by atoms with Crippen LogP contribution < -0.4 is 10.6 Å². The van der Waals surface area contributed by atoms with Crippen molar-refractivity contribution in [3.8, 4) is 0 Å². The van der Waals surface area contributed by atoms with E-state index in [0.29, 0.717) is 0 Å². The van der Waals surface area contributed by atoms with Crippen LogP contribution in [0.1, 0.15) is 33.1 Å². The molecule has 0 unspecified atom stereocenters. The molecule has 0 atom stereocenters. The third kappa shape index (κ3) is 1.52. The van der Waals surface area contributed by atoms with Gasteiger partial charge in [0.05, 0.1) is 11.5 Å². The van der Waals surface area contributed by atoms with Gasteiger partial charge in [-0.05, 0) is 30.9 Å². The molecule has 1 aromatic heterocycles. The summed E-state index contributed by atoms with van der Waals surface area (Å²) in [6.07, 6.45) is 9.73. The standard InChI is InChI=1S/C12H16N2/c1-3-9-5-6-10(4-2)12-11(7-9)8-13-14-12/h5,7-8,14H,3-4,6H2,1-2H3. The zero-order valence-corrected chi connectivity index (χ0v) is 8.80. The van der Waals surface area contributed by atoms with Crippen molar-refractivity contribution in [3.05, 3.63) is 28.4 Å². The highest BCUT2D eigenvalue weighted by Gasteiger charge is 2.02. The van der Waals surface area contributed by atoms with Crippen LogP contribution in [0.15, 0.2) is 17.8 Å². The van der Waals surface area contributed by atoms with Crippen LogP contribution >= 0.6 is 0 Å². The molecule has 74 valence electrons. The molecule has 0 aliphatic heterocycles. The molecule has 2 heteroatoms. The van der Waals surface area contributed by atoms with Gasteiger partial charge in [-0.3, -0.25) is 5.10 Å². The summed E-state index contributed by atoms with van der Waals surface area (Å²) in [7, 11) is 0. The number of aromatic amines is 1. The van der Waals surface area contributed by atoms with Crippen LogP contribution in [-0.2, 0) is 0 Å². The number of nitrogens with zero attached hydrogens (tertiary/aromatic N) is 1. The van der Waals surface area contributed by atoms with Crippen molar-refractivity contribution in [2.45, 2.75) is 33.1 Å². The second kappa shape index (κ2) is 3.82. The minimum Gasteiger partial charge on any atom is -0.278 e. The number of nitrogens with one attached hydrogen (secondary N) is 1. The van der Waals surface area contributed by atoms with E-state index in [2.05, 4.69) is 36.2 Å². The van der Waals surface area contributed by atoms with Gasteiger partial charge >= 0.3 is 0 Å². The zero-order chi connectivity index (χ0) is 9.97. The summed E-state index contributed by atoms with van der Waals surface area (Å²) < 4.78 is 0. The summed E-state index contributed by atoms with van der Waals surface area (Å²) in [6.45, 7) is 4.39. The van der Waals surface area contributed by atoms with Crippen LogP contribution in [0.5, 0.6) is 0 Å². The third-order valence-corrected chi connectivity index (χ3v) is 2.81. The monoisotopic (exact) mass is 188 g/mol. The zero-order valence-electron chi connectivity index (χ0n) is 8.80. The molecule has 14 heavy (non-hydrogen) atoms. The van der Waals surface area contributed by atoms with Crippen LogP contribution in [0, 0.1) is 0 Å². The summed E-state index contributed by atoms with van der Waals surface area (Å²) in [6, 6.07) is 0. The van der Waals surface area contributed by atoms with Gasteiger partial charge in [0.2, 0.25) is 0 Å². The van der Waals surface area contributed by atoms with Gasteiger partial charge in [-0.15, -0.1) is 0 Å². The molecule has 0 radical (unpaired) electrons.